The van der Waals surface area contributed by atoms with E-state index < -0.39 is 11.7 Å². The summed E-state index contributed by atoms with van der Waals surface area (Å²) in [4.78, 5) is 24.6. The first kappa shape index (κ1) is 20.0. The van der Waals surface area contributed by atoms with Crippen molar-refractivity contribution >= 4 is 23.8 Å². The van der Waals surface area contributed by atoms with Crippen LogP contribution in [0.5, 0.6) is 0 Å². The highest BCUT2D eigenvalue weighted by Gasteiger charge is 2.27. The van der Waals surface area contributed by atoms with Gasteiger partial charge in [-0.25, -0.2) is 4.79 Å². The molecule has 0 aliphatic rings. The first-order valence-electron chi connectivity index (χ1n) is 8.61. The van der Waals surface area contributed by atoms with Crippen molar-refractivity contribution in [3.8, 4) is 11.1 Å². The minimum Gasteiger partial charge on any atom is -0.439 e. The molecular weight excluding hydrogens is 346 g/mol. The summed E-state index contributed by atoms with van der Waals surface area (Å²) in [6.45, 7) is 4.19. The third kappa shape index (κ3) is 5.63. The van der Waals surface area contributed by atoms with E-state index in [2.05, 4.69) is 24.8 Å². The van der Waals surface area contributed by atoms with Crippen molar-refractivity contribution < 1.29 is 14.3 Å². The lowest BCUT2D eigenvalue weighted by Gasteiger charge is -2.28. The molecule has 0 aliphatic carbocycles. The predicted octanol–water partition coefficient (Wildman–Crippen LogP) is 4.89. The maximum atomic E-state index is 12.3. The van der Waals surface area contributed by atoms with Gasteiger partial charge in [-0.05, 0) is 37.0 Å². The number of carbonyl (C=O) groups excluding carboxylic acids is 2. The van der Waals surface area contributed by atoms with Crippen molar-refractivity contribution in [1.82, 2.24) is 4.90 Å². The van der Waals surface area contributed by atoms with Crippen molar-refractivity contribution in [2.24, 2.45) is 0 Å². The second kappa shape index (κ2) is 8.90. The van der Waals surface area contributed by atoms with Gasteiger partial charge in [-0.15, -0.1) is 12.6 Å². The molecule has 0 fully saturated rings. The SMILES string of the molecule is CN(CCCC(=O)S)C(=O)OC(C)(C)c1ccc(-c2ccccc2)cc1. The number of hydrogen-bond acceptors (Lipinski definition) is 3. The van der Waals surface area contributed by atoms with Crippen molar-refractivity contribution in [2.75, 3.05) is 13.6 Å². The van der Waals surface area contributed by atoms with E-state index in [0.717, 1.165) is 16.7 Å². The molecule has 4 nitrogen and oxygen atoms in total. The zero-order valence-electron chi connectivity index (χ0n) is 15.4. The minimum absolute atomic E-state index is 0.175. The Balaban J connectivity index is 2.00. The number of rotatable bonds is 7. The van der Waals surface area contributed by atoms with Crippen LogP contribution in [0.2, 0.25) is 0 Å². The Hall–Kier alpha value is -2.27. The third-order valence-corrected chi connectivity index (χ3v) is 4.45. The van der Waals surface area contributed by atoms with Crippen molar-refractivity contribution in [3.63, 3.8) is 0 Å². The quantitative estimate of drug-likeness (QED) is 0.705. The molecule has 0 radical (unpaired) electrons. The Bertz CT molecular complexity index is 742. The highest BCUT2D eigenvalue weighted by Crippen LogP contribution is 2.28. The molecule has 0 unspecified atom stereocenters. The second-order valence-electron chi connectivity index (χ2n) is 6.74. The van der Waals surface area contributed by atoms with Gasteiger partial charge < -0.3 is 9.64 Å². The van der Waals surface area contributed by atoms with E-state index in [4.69, 9.17) is 4.74 Å². The van der Waals surface area contributed by atoms with Gasteiger partial charge in [-0.1, -0.05) is 54.6 Å². The smallest absolute Gasteiger partial charge is 0.410 e. The van der Waals surface area contributed by atoms with E-state index in [1.165, 1.54) is 4.90 Å². The number of benzene rings is 2. The lowest BCUT2D eigenvalue weighted by molar-refractivity contribution is -0.110. The fourth-order valence-corrected chi connectivity index (χ4v) is 2.77. The summed E-state index contributed by atoms with van der Waals surface area (Å²) in [5.74, 6) is 0. The van der Waals surface area contributed by atoms with Gasteiger partial charge >= 0.3 is 6.09 Å². The zero-order valence-corrected chi connectivity index (χ0v) is 16.3. The Labute approximate surface area is 160 Å². The van der Waals surface area contributed by atoms with E-state index in [9.17, 15) is 9.59 Å². The van der Waals surface area contributed by atoms with Gasteiger partial charge in [-0.2, -0.15) is 0 Å². The van der Waals surface area contributed by atoms with Crippen molar-refractivity contribution in [2.45, 2.75) is 32.3 Å². The van der Waals surface area contributed by atoms with E-state index in [1.54, 1.807) is 7.05 Å². The van der Waals surface area contributed by atoms with Gasteiger partial charge in [0.1, 0.15) is 5.60 Å². The maximum Gasteiger partial charge on any atom is 0.410 e. The molecular formula is C21H25NO3S. The van der Waals surface area contributed by atoms with Crippen LogP contribution in [0.15, 0.2) is 54.6 Å². The van der Waals surface area contributed by atoms with Crippen LogP contribution in [-0.2, 0) is 15.1 Å². The van der Waals surface area contributed by atoms with Gasteiger partial charge in [0.15, 0.2) is 5.12 Å². The Morgan fingerprint density at radius 2 is 1.58 bits per heavy atom. The number of amides is 1. The molecule has 2 aromatic rings. The molecule has 26 heavy (non-hydrogen) atoms. The van der Waals surface area contributed by atoms with Gasteiger partial charge in [0, 0.05) is 20.0 Å². The van der Waals surface area contributed by atoms with Gasteiger partial charge in [0.25, 0.3) is 0 Å². The summed E-state index contributed by atoms with van der Waals surface area (Å²) in [7, 11) is 1.67. The molecule has 0 aromatic heterocycles. The lowest BCUT2D eigenvalue weighted by atomic mass is 9.95. The fourth-order valence-electron chi connectivity index (χ4n) is 2.61. The second-order valence-corrected chi connectivity index (χ2v) is 7.24. The molecule has 0 atom stereocenters. The number of thiol groups is 1. The zero-order chi connectivity index (χ0) is 19.2. The molecule has 0 saturated carbocycles. The van der Waals surface area contributed by atoms with Crippen LogP contribution in [0.1, 0.15) is 32.3 Å². The number of hydrogen-bond donors (Lipinski definition) is 1. The standard InChI is InChI=1S/C21H25NO3S/c1-21(2,25-20(24)22(3)15-7-10-19(23)26)18-13-11-17(12-14-18)16-8-5-4-6-9-16/h4-6,8-9,11-14H,7,10,15H2,1-3H3,(H,23,26). The molecule has 5 heteroatoms. The van der Waals surface area contributed by atoms with Crippen LogP contribution in [0.25, 0.3) is 11.1 Å². The molecule has 2 aromatic carbocycles. The molecule has 1 amide bonds. The van der Waals surface area contributed by atoms with Gasteiger partial charge in [0.2, 0.25) is 0 Å². The third-order valence-electron chi connectivity index (χ3n) is 4.23. The average molecular weight is 372 g/mol. The Kier molecular flexibility index (Phi) is 6.86. The summed E-state index contributed by atoms with van der Waals surface area (Å²) in [5, 5.41) is -0.175. The van der Waals surface area contributed by atoms with Gasteiger partial charge in [0.05, 0.1) is 0 Å². The van der Waals surface area contributed by atoms with E-state index >= 15 is 0 Å². The topological polar surface area (TPSA) is 46.6 Å². The molecule has 2 rings (SSSR count). The minimum atomic E-state index is -0.750. The van der Waals surface area contributed by atoms with Crippen molar-refractivity contribution in [1.29, 1.82) is 0 Å². The van der Waals surface area contributed by atoms with E-state index in [-0.39, 0.29) is 5.12 Å². The Morgan fingerprint density at radius 3 is 2.15 bits per heavy atom. The lowest BCUT2D eigenvalue weighted by Crippen LogP contribution is -2.35. The van der Waals surface area contributed by atoms with Crippen LogP contribution >= 0.6 is 12.6 Å². The van der Waals surface area contributed by atoms with Gasteiger partial charge in [-0.3, -0.25) is 4.79 Å². The first-order valence-corrected chi connectivity index (χ1v) is 9.06. The molecule has 0 bridgehead atoms. The highest BCUT2D eigenvalue weighted by atomic mass is 32.1. The molecule has 0 aliphatic heterocycles. The summed E-state index contributed by atoms with van der Waals surface area (Å²) in [6, 6.07) is 18.1. The molecule has 0 saturated heterocycles. The van der Waals surface area contributed by atoms with Crippen LogP contribution in [0.3, 0.4) is 0 Å². The number of ether oxygens (including phenoxy) is 1. The Morgan fingerprint density at radius 1 is 1.00 bits per heavy atom. The summed E-state index contributed by atoms with van der Waals surface area (Å²) in [5.41, 5.74) is 2.43. The number of carbonyl (C=O) groups is 2. The van der Waals surface area contributed by atoms with Crippen LogP contribution < -0.4 is 0 Å². The van der Waals surface area contributed by atoms with E-state index in [0.29, 0.717) is 19.4 Å². The first-order chi connectivity index (χ1) is 12.3. The fraction of sp³-hybridized carbons (Fsp3) is 0.333. The van der Waals surface area contributed by atoms with Crippen LogP contribution in [-0.4, -0.2) is 29.7 Å². The number of nitrogens with zero attached hydrogens (tertiary/aromatic N) is 1. The monoisotopic (exact) mass is 371 g/mol. The van der Waals surface area contributed by atoms with Crippen LogP contribution in [0.4, 0.5) is 4.79 Å². The average Bonchev–Trinajstić information content (AvgIpc) is 2.62. The summed E-state index contributed by atoms with van der Waals surface area (Å²) < 4.78 is 5.67. The maximum absolute atomic E-state index is 12.3. The normalized spacial score (nSPS) is 11.1. The highest BCUT2D eigenvalue weighted by molar-refractivity contribution is 7.96. The van der Waals surface area contributed by atoms with Crippen molar-refractivity contribution in [3.05, 3.63) is 60.2 Å². The molecule has 0 heterocycles. The van der Waals surface area contributed by atoms with E-state index in [1.807, 2.05) is 56.3 Å². The molecule has 0 spiro atoms. The molecule has 0 N–H and O–H groups in total. The predicted molar refractivity (Wildman–Crippen MR) is 107 cm³/mol. The van der Waals surface area contributed by atoms with Crippen LogP contribution in [0, 0.1) is 0 Å². The summed E-state index contributed by atoms with van der Waals surface area (Å²) in [6.07, 6.45) is 0.499. The summed E-state index contributed by atoms with van der Waals surface area (Å²) >= 11 is 3.73. The largest absolute Gasteiger partial charge is 0.439 e. The molecule has 138 valence electrons.